The van der Waals surface area contributed by atoms with E-state index in [2.05, 4.69) is 49.8 Å². The fourth-order valence-electron chi connectivity index (χ4n) is 3.45. The van der Waals surface area contributed by atoms with Crippen LogP contribution < -0.4 is 14.8 Å². The molecule has 0 radical (unpaired) electrons. The molecule has 0 saturated heterocycles. The summed E-state index contributed by atoms with van der Waals surface area (Å²) in [5.74, 6) is -1.10. The van der Waals surface area contributed by atoms with Crippen LogP contribution in [0.4, 0.5) is 5.69 Å². The minimum absolute atomic E-state index is 0.0321. The number of rotatable bonds is 10. The maximum atomic E-state index is 11.3. The van der Waals surface area contributed by atoms with Crippen molar-refractivity contribution in [2.24, 2.45) is 0 Å². The quantitative estimate of drug-likeness (QED) is 0.126. The van der Waals surface area contributed by atoms with E-state index in [1.54, 1.807) is 10.9 Å². The third kappa shape index (κ3) is 7.34. The van der Waals surface area contributed by atoms with Gasteiger partial charge in [-0.3, -0.25) is 4.68 Å². The van der Waals surface area contributed by atoms with Crippen molar-refractivity contribution in [3.05, 3.63) is 58.2 Å². The van der Waals surface area contributed by atoms with Gasteiger partial charge >= 0.3 is 23.7 Å². The first-order chi connectivity index (χ1) is 21.2. The lowest BCUT2D eigenvalue weighted by Crippen LogP contribution is -2.08. The van der Waals surface area contributed by atoms with Crippen LogP contribution in [0.3, 0.4) is 0 Å². The lowest BCUT2D eigenvalue weighted by Gasteiger charge is -2.11. The monoisotopic (exact) mass is 648 g/mol. The van der Waals surface area contributed by atoms with Crippen molar-refractivity contribution in [1.29, 1.82) is 5.41 Å². The molecule has 5 aromatic rings. The van der Waals surface area contributed by atoms with Crippen molar-refractivity contribution in [3.8, 4) is 11.8 Å². The smallest absolute Gasteiger partial charge is 0.394 e. The van der Waals surface area contributed by atoms with Gasteiger partial charge in [0.25, 0.3) is 0 Å². The third-order valence-electron chi connectivity index (χ3n) is 5.35. The number of carbonyl (C=O) groups excluding carboxylic acids is 2. The number of esters is 2. The predicted molar refractivity (Wildman–Crippen MR) is 150 cm³/mol. The number of oxazole rings is 2. The first-order valence-electron chi connectivity index (χ1n) is 12.1. The highest BCUT2D eigenvalue weighted by atomic mass is 35.5. The molecule has 44 heavy (non-hydrogen) atoms. The SMILES string of the molecule is COC(=O)c1nc(CNc2c(C=N)nc(Cl)nc2OC)co1.COC(=O)c1nc(Cn2cc3nc(Cl)nc(OC)c3n2)co1. The van der Waals surface area contributed by atoms with Crippen LogP contribution >= 0.6 is 23.2 Å². The molecule has 0 aliphatic heterocycles. The van der Waals surface area contributed by atoms with Gasteiger partial charge < -0.3 is 38.5 Å². The summed E-state index contributed by atoms with van der Waals surface area (Å²) in [6.07, 6.45) is 5.35. The second-order valence-corrected chi connectivity index (χ2v) is 8.77. The second-order valence-electron chi connectivity index (χ2n) is 8.09. The number of halogens is 2. The number of carbonyl (C=O) groups is 2. The lowest BCUT2D eigenvalue weighted by atomic mass is 10.3. The van der Waals surface area contributed by atoms with Gasteiger partial charge in [0.2, 0.25) is 22.3 Å². The molecule has 5 rings (SSSR count). The molecule has 18 nitrogen and oxygen atoms in total. The van der Waals surface area contributed by atoms with E-state index in [0.29, 0.717) is 28.1 Å². The largest absolute Gasteiger partial charge is 0.479 e. The van der Waals surface area contributed by atoms with E-state index in [1.807, 2.05) is 0 Å². The molecule has 230 valence electrons. The summed E-state index contributed by atoms with van der Waals surface area (Å²) in [5.41, 5.74) is 2.61. The molecule has 5 heterocycles. The highest BCUT2D eigenvalue weighted by Crippen LogP contribution is 2.26. The van der Waals surface area contributed by atoms with Crippen molar-refractivity contribution in [2.75, 3.05) is 33.8 Å². The van der Waals surface area contributed by atoms with E-state index in [1.165, 1.54) is 41.0 Å². The summed E-state index contributed by atoms with van der Waals surface area (Å²) in [4.78, 5) is 46.3. The molecule has 0 aliphatic rings. The van der Waals surface area contributed by atoms with Crippen molar-refractivity contribution in [1.82, 2.24) is 39.7 Å². The summed E-state index contributed by atoms with van der Waals surface area (Å²) in [6.45, 7) is 0.473. The van der Waals surface area contributed by atoms with Crippen LogP contribution in [0.2, 0.25) is 10.6 Å². The number of hydrogen-bond acceptors (Lipinski definition) is 17. The molecule has 0 amide bonds. The summed E-state index contributed by atoms with van der Waals surface area (Å²) >= 11 is 11.5. The van der Waals surface area contributed by atoms with Crippen LogP contribution in [0.5, 0.6) is 11.8 Å². The highest BCUT2D eigenvalue weighted by Gasteiger charge is 2.17. The Morgan fingerprint density at radius 2 is 1.48 bits per heavy atom. The maximum absolute atomic E-state index is 11.3. The third-order valence-corrected chi connectivity index (χ3v) is 5.68. The number of methoxy groups -OCH3 is 4. The van der Waals surface area contributed by atoms with Gasteiger partial charge in [-0.05, 0) is 23.2 Å². The van der Waals surface area contributed by atoms with Gasteiger partial charge in [0.05, 0.1) is 53.4 Å². The minimum atomic E-state index is -0.668. The van der Waals surface area contributed by atoms with E-state index in [9.17, 15) is 9.59 Å². The zero-order chi connectivity index (χ0) is 31.8. The van der Waals surface area contributed by atoms with E-state index in [4.69, 9.17) is 46.9 Å². The lowest BCUT2D eigenvalue weighted by molar-refractivity contribution is 0.0548. The molecular weight excluding hydrogens is 627 g/mol. The molecular formula is C24H22Cl2N10O8. The van der Waals surface area contributed by atoms with E-state index >= 15 is 0 Å². The molecule has 0 bridgehead atoms. The van der Waals surface area contributed by atoms with Gasteiger partial charge in [-0.25, -0.2) is 29.5 Å². The molecule has 0 aliphatic carbocycles. The van der Waals surface area contributed by atoms with Crippen molar-refractivity contribution in [3.63, 3.8) is 0 Å². The van der Waals surface area contributed by atoms with Crippen LogP contribution in [-0.2, 0) is 22.6 Å². The molecule has 2 N–H and O–H groups in total. The van der Waals surface area contributed by atoms with E-state index in [-0.39, 0.29) is 52.9 Å². The number of fused-ring (bicyclic) bond motifs is 1. The minimum Gasteiger partial charge on any atom is -0.479 e. The number of ether oxygens (including phenoxy) is 4. The molecule has 0 aromatic carbocycles. The topological polar surface area (TPSA) is 228 Å². The number of aromatic nitrogens is 8. The van der Waals surface area contributed by atoms with Gasteiger partial charge in [0.15, 0.2) is 5.52 Å². The number of nitrogens with zero attached hydrogens (tertiary/aromatic N) is 8. The summed E-state index contributed by atoms with van der Waals surface area (Å²) in [5, 5.41) is 14.7. The molecule has 0 spiro atoms. The Morgan fingerprint density at radius 3 is 2.09 bits per heavy atom. The van der Waals surface area contributed by atoms with E-state index in [0.717, 1.165) is 6.21 Å². The Morgan fingerprint density at radius 1 is 0.886 bits per heavy atom. The summed E-state index contributed by atoms with van der Waals surface area (Å²) in [7, 11) is 5.37. The molecule has 0 unspecified atom stereocenters. The van der Waals surface area contributed by atoms with Crippen LogP contribution in [0.25, 0.3) is 11.0 Å². The molecule has 20 heteroatoms. The second kappa shape index (κ2) is 14.2. The van der Waals surface area contributed by atoms with Crippen LogP contribution in [0.15, 0.2) is 27.6 Å². The fraction of sp³-hybridized carbons (Fsp3) is 0.250. The zero-order valence-corrected chi connectivity index (χ0v) is 24.8. The highest BCUT2D eigenvalue weighted by molar-refractivity contribution is 6.28. The number of hydrogen-bond donors (Lipinski definition) is 2. The van der Waals surface area contributed by atoms with Crippen LogP contribution in [0.1, 0.15) is 38.5 Å². The summed E-state index contributed by atoms with van der Waals surface area (Å²) < 4.78 is 30.8. The standard InChI is InChI=1S/C12H10ClN5O4.C12H12ClN5O4/c1-20-9-8-7(15-12(13)16-9)4-18(17-8)3-6-5-22-10(14-6)11(19)21-2;1-20-9-8(7(3-14)17-12(13)18-9)15-4-6-5-22-10(16-6)11(19)21-2/h4-5H,3H2,1-2H3;3,5,14-15H,4H2,1-2H3. The van der Waals surface area contributed by atoms with E-state index < -0.39 is 11.9 Å². The Bertz CT molecular complexity index is 1800. The Labute approximate surface area is 257 Å². The Balaban J connectivity index is 0.000000201. The van der Waals surface area contributed by atoms with Crippen molar-refractivity contribution >= 4 is 58.1 Å². The number of anilines is 1. The average molecular weight is 649 g/mol. The van der Waals surface area contributed by atoms with Crippen molar-refractivity contribution < 1.29 is 37.4 Å². The van der Waals surface area contributed by atoms with Gasteiger partial charge in [-0.1, -0.05) is 0 Å². The number of nitrogens with one attached hydrogen (secondary N) is 2. The van der Waals surface area contributed by atoms with Crippen LogP contribution in [-0.4, -0.2) is 86.3 Å². The molecule has 0 fully saturated rings. The maximum Gasteiger partial charge on any atom is 0.394 e. The van der Waals surface area contributed by atoms with Gasteiger partial charge in [0, 0.05) is 6.21 Å². The van der Waals surface area contributed by atoms with Gasteiger partial charge in [0.1, 0.15) is 35.1 Å². The molecule has 5 aromatic heterocycles. The average Bonchev–Trinajstić information content (AvgIpc) is 3.79. The Kier molecular flexibility index (Phi) is 10.2. The summed E-state index contributed by atoms with van der Waals surface area (Å²) in [6, 6.07) is 0. The van der Waals surface area contributed by atoms with Crippen molar-refractivity contribution in [2.45, 2.75) is 13.1 Å². The normalized spacial score (nSPS) is 10.5. The first-order valence-corrected chi connectivity index (χ1v) is 12.8. The van der Waals surface area contributed by atoms with Crippen LogP contribution in [0, 0.1) is 5.41 Å². The predicted octanol–water partition coefficient (Wildman–Crippen LogP) is 2.83. The Hall–Kier alpha value is -5.36. The van der Waals surface area contributed by atoms with Gasteiger partial charge in [-0.15, -0.1) is 0 Å². The molecule has 0 atom stereocenters. The first kappa shape index (κ1) is 31.6. The van der Waals surface area contributed by atoms with Gasteiger partial charge in [-0.2, -0.15) is 15.1 Å². The molecule has 0 saturated carbocycles. The zero-order valence-electron chi connectivity index (χ0n) is 23.3. The fourth-order valence-corrected chi connectivity index (χ4v) is 3.79.